The highest BCUT2D eigenvalue weighted by Gasteiger charge is 2.34. The second-order valence-corrected chi connectivity index (χ2v) is 7.92. The van der Waals surface area contributed by atoms with Gasteiger partial charge in [0.25, 0.3) is 0 Å². The van der Waals surface area contributed by atoms with E-state index in [0.717, 1.165) is 0 Å². The minimum atomic E-state index is -1.66. The molecule has 4 atom stereocenters. The van der Waals surface area contributed by atoms with Gasteiger partial charge in [-0.2, -0.15) is 0 Å². The summed E-state index contributed by atoms with van der Waals surface area (Å²) in [6, 6.07) is -4.03. The molecule has 0 aromatic carbocycles. The third kappa shape index (κ3) is 9.58. The van der Waals surface area contributed by atoms with E-state index in [1.54, 1.807) is 0 Å². The highest BCUT2D eigenvalue weighted by molar-refractivity contribution is 5.93. The van der Waals surface area contributed by atoms with E-state index >= 15 is 0 Å². The summed E-state index contributed by atoms with van der Waals surface area (Å²) in [7, 11) is 0. The number of hydrogen-bond donors (Lipinski definition) is 8. The number of amides is 3. The van der Waals surface area contributed by atoms with E-state index in [1.807, 2.05) is 5.32 Å². The van der Waals surface area contributed by atoms with Crippen LogP contribution in [0, 0.1) is 5.92 Å². The molecule has 1 unspecified atom stereocenters. The van der Waals surface area contributed by atoms with Crippen molar-refractivity contribution in [3.05, 3.63) is 0 Å². The molecule has 15 heteroatoms. The van der Waals surface area contributed by atoms with Gasteiger partial charge in [0.15, 0.2) is 5.96 Å². The first kappa shape index (κ1) is 28.6. The summed E-state index contributed by atoms with van der Waals surface area (Å²) in [4.78, 5) is 65.1. The highest BCUT2D eigenvalue weighted by atomic mass is 16.4. The summed E-state index contributed by atoms with van der Waals surface area (Å²) < 4.78 is 0. The fraction of sp³-hybridized carbons (Fsp3) is 0.684. The van der Waals surface area contributed by atoms with E-state index in [-0.39, 0.29) is 18.4 Å². The SMILES string of the molecule is NC(N)=NCCC[C@H](N)C(=O)N1CCCC(C(=O)N[C@@H](CC(=O)O)C(=O)N[C@@H](CO)C(=O)O)C1. The molecule has 0 bridgehead atoms. The molecule has 3 amide bonds. The number of guanidine groups is 1. The number of aliphatic hydroxyl groups excluding tert-OH is 1. The lowest BCUT2D eigenvalue weighted by Gasteiger charge is -2.34. The number of aliphatic imine (C=N–C) groups is 1. The van der Waals surface area contributed by atoms with Gasteiger partial charge < -0.3 is 48.1 Å². The zero-order valence-electron chi connectivity index (χ0n) is 18.7. The molecule has 0 aromatic rings. The zero-order valence-corrected chi connectivity index (χ0v) is 18.7. The predicted octanol–water partition coefficient (Wildman–Crippen LogP) is -3.87. The van der Waals surface area contributed by atoms with Crippen LogP contribution in [0.5, 0.6) is 0 Å². The Morgan fingerprint density at radius 1 is 1.09 bits per heavy atom. The molecule has 0 radical (unpaired) electrons. The number of aliphatic carboxylic acids is 2. The summed E-state index contributed by atoms with van der Waals surface area (Å²) in [6.45, 7) is -0.177. The van der Waals surface area contributed by atoms with Gasteiger partial charge in [-0.3, -0.25) is 24.2 Å². The van der Waals surface area contributed by atoms with E-state index in [0.29, 0.717) is 38.8 Å². The largest absolute Gasteiger partial charge is 0.481 e. The highest BCUT2D eigenvalue weighted by Crippen LogP contribution is 2.18. The summed E-state index contributed by atoms with van der Waals surface area (Å²) in [5.74, 6) is -5.77. The zero-order chi connectivity index (χ0) is 25.8. The first-order chi connectivity index (χ1) is 16.0. The van der Waals surface area contributed by atoms with Crippen molar-refractivity contribution in [1.29, 1.82) is 0 Å². The van der Waals surface area contributed by atoms with E-state index in [1.165, 1.54) is 4.90 Å². The van der Waals surface area contributed by atoms with Crippen molar-refractivity contribution in [2.45, 2.75) is 50.2 Å². The number of carbonyl (C=O) groups is 5. The third-order valence-corrected chi connectivity index (χ3v) is 5.20. The minimum Gasteiger partial charge on any atom is -0.481 e. The van der Waals surface area contributed by atoms with Crippen molar-refractivity contribution in [2.24, 2.45) is 28.1 Å². The summed E-state index contributed by atoms with van der Waals surface area (Å²) in [6.07, 6.45) is 0.904. The number of nitrogens with two attached hydrogens (primary N) is 3. The Labute approximate surface area is 195 Å². The van der Waals surface area contributed by atoms with Gasteiger partial charge in [0.2, 0.25) is 17.7 Å². The number of likely N-dealkylation sites (tertiary alicyclic amines) is 1. The maximum atomic E-state index is 12.7. The molecule has 192 valence electrons. The molecule has 1 heterocycles. The van der Waals surface area contributed by atoms with Gasteiger partial charge in [-0.15, -0.1) is 0 Å². The number of carboxylic acids is 2. The number of aliphatic hydroxyl groups is 1. The minimum absolute atomic E-state index is 0.0298. The van der Waals surface area contributed by atoms with Crippen LogP contribution in [-0.4, -0.2) is 100 Å². The number of rotatable bonds is 13. The van der Waals surface area contributed by atoms with Crippen LogP contribution >= 0.6 is 0 Å². The molecular formula is C19H33N7O8. The quantitative estimate of drug-likeness (QED) is 0.0707. The van der Waals surface area contributed by atoms with Crippen LogP contribution in [0.3, 0.4) is 0 Å². The van der Waals surface area contributed by atoms with Crippen molar-refractivity contribution < 1.29 is 39.3 Å². The molecule has 0 spiro atoms. The smallest absolute Gasteiger partial charge is 0.328 e. The molecule has 0 aromatic heterocycles. The molecule has 34 heavy (non-hydrogen) atoms. The van der Waals surface area contributed by atoms with Crippen molar-refractivity contribution in [2.75, 3.05) is 26.2 Å². The molecule has 15 nitrogen and oxygen atoms in total. The normalized spacial score (nSPS) is 18.2. The number of carbonyl (C=O) groups excluding carboxylic acids is 3. The van der Waals surface area contributed by atoms with Gasteiger partial charge in [0.1, 0.15) is 12.1 Å². The van der Waals surface area contributed by atoms with E-state index in [9.17, 15) is 24.0 Å². The molecule has 1 saturated heterocycles. The van der Waals surface area contributed by atoms with Gasteiger partial charge in [0, 0.05) is 19.6 Å². The van der Waals surface area contributed by atoms with Gasteiger partial charge in [0.05, 0.1) is 25.0 Å². The number of carboxylic acid groups (broad SMARTS) is 2. The topological polar surface area (TPSA) is 264 Å². The van der Waals surface area contributed by atoms with Crippen molar-refractivity contribution in [3.63, 3.8) is 0 Å². The molecule has 1 fully saturated rings. The van der Waals surface area contributed by atoms with Crippen LogP contribution in [0.2, 0.25) is 0 Å². The number of nitrogens with zero attached hydrogens (tertiary/aromatic N) is 2. The Kier molecular flexibility index (Phi) is 11.7. The van der Waals surface area contributed by atoms with Gasteiger partial charge >= 0.3 is 11.9 Å². The average molecular weight is 488 g/mol. The Morgan fingerprint density at radius 2 is 1.76 bits per heavy atom. The van der Waals surface area contributed by atoms with Crippen molar-refractivity contribution in [3.8, 4) is 0 Å². The second-order valence-electron chi connectivity index (χ2n) is 7.92. The lowest BCUT2D eigenvalue weighted by Crippen LogP contribution is -2.56. The number of nitrogens with one attached hydrogen (secondary N) is 2. The first-order valence-electron chi connectivity index (χ1n) is 10.7. The average Bonchev–Trinajstić information content (AvgIpc) is 2.78. The van der Waals surface area contributed by atoms with Crippen LogP contribution in [0.25, 0.3) is 0 Å². The van der Waals surface area contributed by atoms with Crippen LogP contribution in [-0.2, 0) is 24.0 Å². The lowest BCUT2D eigenvalue weighted by atomic mass is 9.95. The molecule has 1 aliphatic rings. The summed E-state index contributed by atoms with van der Waals surface area (Å²) in [5.41, 5.74) is 16.4. The van der Waals surface area contributed by atoms with Crippen LogP contribution < -0.4 is 27.8 Å². The monoisotopic (exact) mass is 487 g/mol. The van der Waals surface area contributed by atoms with E-state index in [2.05, 4.69) is 10.3 Å². The van der Waals surface area contributed by atoms with Gasteiger partial charge in [-0.05, 0) is 25.7 Å². The Bertz CT molecular complexity index is 787. The Balaban J connectivity index is 2.74. The first-order valence-corrected chi connectivity index (χ1v) is 10.7. The second kappa shape index (κ2) is 13.9. The molecule has 11 N–H and O–H groups in total. The fourth-order valence-corrected chi connectivity index (χ4v) is 3.40. The van der Waals surface area contributed by atoms with Crippen LogP contribution in [0.1, 0.15) is 32.1 Å². The van der Waals surface area contributed by atoms with Gasteiger partial charge in [-0.25, -0.2) is 4.79 Å². The standard InChI is InChI=1S/C19H33N7O8/c20-11(4-1-5-23-19(21)22)17(32)26-6-2-3-10(8-26)15(30)24-12(7-14(28)29)16(31)25-13(9-27)18(33)34/h10-13,27H,1-9,20H2,(H,24,30)(H,25,31)(H,28,29)(H,33,34)(H4,21,22,23)/t10?,11-,12-,13-/m0/s1. The fourth-order valence-electron chi connectivity index (χ4n) is 3.40. The predicted molar refractivity (Wildman–Crippen MR) is 118 cm³/mol. The molecule has 0 aliphatic carbocycles. The maximum absolute atomic E-state index is 12.7. The number of hydrogen-bond acceptors (Lipinski definition) is 8. The lowest BCUT2D eigenvalue weighted by molar-refractivity contribution is -0.144. The maximum Gasteiger partial charge on any atom is 0.328 e. The Hall–Kier alpha value is -3.46. The van der Waals surface area contributed by atoms with Gasteiger partial charge in [-0.1, -0.05) is 0 Å². The van der Waals surface area contributed by atoms with Crippen molar-refractivity contribution in [1.82, 2.24) is 15.5 Å². The Morgan fingerprint density at radius 3 is 2.32 bits per heavy atom. The van der Waals surface area contributed by atoms with E-state index in [4.69, 9.17) is 32.5 Å². The van der Waals surface area contributed by atoms with Crippen molar-refractivity contribution >= 4 is 35.6 Å². The molecular weight excluding hydrogens is 454 g/mol. The molecule has 1 aliphatic heterocycles. The summed E-state index contributed by atoms with van der Waals surface area (Å²) in [5, 5.41) is 31.4. The van der Waals surface area contributed by atoms with E-state index < -0.39 is 60.8 Å². The number of piperidine rings is 1. The van der Waals surface area contributed by atoms with Crippen LogP contribution in [0.15, 0.2) is 4.99 Å². The molecule has 1 rings (SSSR count). The van der Waals surface area contributed by atoms with Crippen LogP contribution in [0.4, 0.5) is 0 Å². The molecule has 0 saturated carbocycles. The summed E-state index contributed by atoms with van der Waals surface area (Å²) >= 11 is 0. The third-order valence-electron chi connectivity index (χ3n) is 5.20.